The van der Waals surface area contributed by atoms with Crippen molar-refractivity contribution in [3.63, 3.8) is 0 Å². The van der Waals surface area contributed by atoms with Gasteiger partial charge in [0.1, 0.15) is 0 Å². The normalized spacial score (nSPS) is 3.20. The third-order valence-corrected chi connectivity index (χ3v) is 0. The molecular weight excluding hydrogens is 130 g/mol. The average Bonchev–Trinajstić information content (AvgIpc) is 1.46. The van der Waals surface area contributed by atoms with Crippen LogP contribution < -0.4 is 0 Å². The molecule has 4 heteroatoms. The maximum atomic E-state index is 8.45. The predicted molar refractivity (Wildman–Crippen MR) is 12.2 cm³/mol. The average molecular weight is 130 g/mol. The van der Waals surface area contributed by atoms with Crippen molar-refractivity contribution >= 4 is 17.3 Å². The van der Waals surface area contributed by atoms with Gasteiger partial charge in [0, 0.05) is 0 Å². The van der Waals surface area contributed by atoms with E-state index >= 15 is 0 Å². The van der Waals surface area contributed by atoms with Crippen molar-refractivity contribution in [3.05, 3.63) is 0 Å². The third-order valence-electron chi connectivity index (χ3n) is 0. The van der Waals surface area contributed by atoms with Gasteiger partial charge in [-0.15, -0.1) is 0 Å². The Kier molecular flexibility index (Phi) is 48.5. The van der Waals surface area contributed by atoms with Crippen LogP contribution in [-0.2, 0) is 25.8 Å². The summed E-state index contributed by atoms with van der Waals surface area (Å²) in [5.41, 5.74) is 0. The Morgan fingerprint density at radius 3 is 1.60 bits per heavy atom. The first-order valence-electron chi connectivity index (χ1n) is 0.576. The van der Waals surface area contributed by atoms with Gasteiger partial charge in [-0.25, -0.2) is 0 Å². The van der Waals surface area contributed by atoms with Crippen molar-refractivity contribution < 1.29 is 25.8 Å². The molecule has 0 saturated carbocycles. The molecule has 0 saturated heterocycles. The topological polar surface area (TPSA) is 34.1 Å². The number of rotatable bonds is 0. The van der Waals surface area contributed by atoms with Gasteiger partial charge in [-0.1, -0.05) is 0 Å². The summed E-state index contributed by atoms with van der Waals surface area (Å²) < 4.78 is 8.19. The second-order valence-corrected chi connectivity index (χ2v) is 0.231. The van der Waals surface area contributed by atoms with Crippen molar-refractivity contribution in [2.75, 3.05) is 0 Å². The molecule has 0 rings (SSSR count). The van der Waals surface area contributed by atoms with Crippen LogP contribution in [-0.4, -0.2) is 5.75 Å². The first-order chi connectivity index (χ1) is 2.41. The molecule has 0 N–H and O–H groups in total. The molecule has 0 aromatic rings. The van der Waals surface area contributed by atoms with E-state index in [0.29, 0.717) is 0 Å². The van der Waals surface area contributed by atoms with Crippen molar-refractivity contribution in [2.45, 2.75) is 0 Å². The number of hydrogen-bond acceptors (Lipinski definition) is 2. The van der Waals surface area contributed by atoms with E-state index in [0.717, 1.165) is 23.1 Å². The summed E-state index contributed by atoms with van der Waals surface area (Å²) in [7, 11) is 0. The third kappa shape index (κ3) is 201. The van der Waals surface area contributed by atoms with Crippen molar-refractivity contribution in [2.24, 2.45) is 0 Å². The zero-order valence-electron chi connectivity index (χ0n) is 2.14. The van der Waals surface area contributed by atoms with Gasteiger partial charge in [-0.05, 0) is 0 Å². The van der Waals surface area contributed by atoms with Gasteiger partial charge in [-0.3, -0.25) is 0 Å². The summed E-state index contributed by atoms with van der Waals surface area (Å²) in [5.74, 6) is 0.972. The molecule has 0 heterocycles. The van der Waals surface area contributed by atoms with Gasteiger partial charge in [0.25, 0.3) is 0 Å². The molecule has 0 aromatic carbocycles. The molecule has 0 aliphatic carbocycles. The van der Waals surface area contributed by atoms with Crippen LogP contribution >= 0.6 is 11.6 Å². The van der Waals surface area contributed by atoms with Gasteiger partial charge in [0.05, 0.1) is 0 Å². The van der Waals surface area contributed by atoms with Gasteiger partial charge < -0.3 is 16.4 Å². The Morgan fingerprint density at radius 2 is 1.60 bits per heavy atom. The van der Waals surface area contributed by atoms with Crippen molar-refractivity contribution in [1.82, 2.24) is 0 Å². The zero-order valence-corrected chi connectivity index (χ0v) is 4.29. The molecule has 0 aliphatic heterocycles. The first-order valence-corrected chi connectivity index (χ1v) is 1.52. The molecule has 0 bridgehead atoms. The number of hydrogen-bond donors (Lipinski definition) is 0. The van der Waals surface area contributed by atoms with E-state index in [1.807, 2.05) is 0 Å². The second kappa shape index (κ2) is 26.9. The van der Waals surface area contributed by atoms with Gasteiger partial charge in [-0.2, -0.15) is 5.75 Å². The molecule has 0 aromatic heterocycles. The SMILES string of the molecule is O=[C-]Cl.[O]=[V]. The molecular formula is CClO2V-. The molecule has 0 amide bonds. The van der Waals surface area contributed by atoms with Crippen molar-refractivity contribution in [1.29, 1.82) is 0 Å². The fourth-order valence-corrected chi connectivity index (χ4v) is 0. The van der Waals surface area contributed by atoms with E-state index in [1.165, 1.54) is 0 Å². The van der Waals surface area contributed by atoms with E-state index in [4.69, 9.17) is 8.47 Å². The van der Waals surface area contributed by atoms with Crippen LogP contribution in [0.15, 0.2) is 0 Å². The van der Waals surface area contributed by atoms with Crippen LogP contribution in [0.3, 0.4) is 0 Å². The second-order valence-electron chi connectivity index (χ2n) is 0.0772. The van der Waals surface area contributed by atoms with Crippen LogP contribution in [0.1, 0.15) is 0 Å². The molecule has 0 fully saturated rings. The Morgan fingerprint density at radius 1 is 1.60 bits per heavy atom. The Bertz CT molecular complexity index is 23.6. The van der Waals surface area contributed by atoms with Gasteiger partial charge >= 0.3 is 21.0 Å². The Hall–Kier alpha value is 0.344. The maximum absolute atomic E-state index is 8.45. The van der Waals surface area contributed by atoms with E-state index in [-0.39, 0.29) is 0 Å². The first kappa shape index (κ1) is 9.02. The molecule has 0 unspecified atom stereocenters. The fourth-order valence-electron chi connectivity index (χ4n) is 0. The Labute approximate surface area is 43.7 Å². The minimum absolute atomic E-state index is 0.972. The summed E-state index contributed by atoms with van der Waals surface area (Å²) in [6.07, 6.45) is 0. The van der Waals surface area contributed by atoms with Crippen LogP contribution in [0.5, 0.6) is 0 Å². The number of halogens is 1. The van der Waals surface area contributed by atoms with Crippen LogP contribution in [0.4, 0.5) is 0 Å². The fraction of sp³-hybridized carbons (Fsp3) is 0. The molecule has 0 radical (unpaired) electrons. The molecule has 29 valence electrons. The summed E-state index contributed by atoms with van der Waals surface area (Å²) in [6, 6.07) is 0. The molecule has 0 aliphatic rings. The molecule has 5 heavy (non-hydrogen) atoms. The van der Waals surface area contributed by atoms with E-state index in [9.17, 15) is 0 Å². The van der Waals surface area contributed by atoms with E-state index in [1.54, 1.807) is 0 Å². The monoisotopic (exact) mass is 130 g/mol. The molecule has 0 atom stereocenters. The predicted octanol–water partition coefficient (Wildman–Crippen LogP) is 0.171. The summed E-state index contributed by atoms with van der Waals surface area (Å²) in [6.45, 7) is 0. The summed E-state index contributed by atoms with van der Waals surface area (Å²) >= 11 is 5.26. The van der Waals surface area contributed by atoms with Gasteiger partial charge in [0.2, 0.25) is 0 Å². The van der Waals surface area contributed by atoms with Crippen LogP contribution in [0.25, 0.3) is 0 Å². The standard InChI is InChI=1S/CClO.O.V/c2-1-3;;/q-1;;. The van der Waals surface area contributed by atoms with E-state index in [2.05, 4.69) is 11.6 Å². The molecule has 0 spiro atoms. The van der Waals surface area contributed by atoms with Crippen LogP contribution in [0.2, 0.25) is 0 Å². The minimum atomic E-state index is 0.972. The Balaban J connectivity index is 0. The van der Waals surface area contributed by atoms with Crippen LogP contribution in [0, 0.1) is 0 Å². The summed E-state index contributed by atoms with van der Waals surface area (Å²) in [4.78, 5) is 8.45. The van der Waals surface area contributed by atoms with Gasteiger partial charge in [0.15, 0.2) is 0 Å². The quantitative estimate of drug-likeness (QED) is 0.346. The zero-order chi connectivity index (χ0) is 4.71. The van der Waals surface area contributed by atoms with E-state index < -0.39 is 0 Å². The number of carbonyl (C=O) groups excluding carboxylic acids is 1. The van der Waals surface area contributed by atoms with Crippen molar-refractivity contribution in [3.8, 4) is 0 Å². The molecule has 2 nitrogen and oxygen atoms in total. The summed E-state index contributed by atoms with van der Waals surface area (Å²) in [5, 5.41) is 0.